The van der Waals surface area contributed by atoms with Crippen molar-refractivity contribution in [3.8, 4) is 0 Å². The number of methoxy groups -OCH3 is 1. The van der Waals surface area contributed by atoms with E-state index in [1.165, 1.54) is 20.1 Å². The summed E-state index contributed by atoms with van der Waals surface area (Å²) in [5.41, 5.74) is -1.46. The van der Waals surface area contributed by atoms with Crippen molar-refractivity contribution >= 4 is 11.7 Å². The molecule has 0 fully saturated rings. The number of halogens is 3. The van der Waals surface area contributed by atoms with Crippen LogP contribution in [0, 0.1) is 0 Å². The van der Waals surface area contributed by atoms with Crippen molar-refractivity contribution in [3.63, 3.8) is 0 Å². The second kappa shape index (κ2) is 3.90. The molecule has 0 amide bonds. The molecule has 6 heteroatoms. The molecule has 98 valence electrons. The molecule has 1 unspecified atom stereocenters. The van der Waals surface area contributed by atoms with Crippen molar-refractivity contribution in [3.05, 3.63) is 29.3 Å². The van der Waals surface area contributed by atoms with Crippen LogP contribution in [0.15, 0.2) is 18.2 Å². The topological polar surface area (TPSA) is 38.3 Å². The molecular formula is C12H12F3NO2. The van der Waals surface area contributed by atoms with Gasteiger partial charge in [-0.05, 0) is 18.6 Å². The standard InChI is InChI=1S/C12H12F3NO2/c1-11(10(17)18-2)6-7-4-3-5-8(9(7)16-11)12(13,14)15/h3-5,16H,6H2,1-2H3. The van der Waals surface area contributed by atoms with Crippen LogP contribution in [0.2, 0.25) is 0 Å². The van der Waals surface area contributed by atoms with Gasteiger partial charge in [-0.3, -0.25) is 0 Å². The fourth-order valence-corrected chi connectivity index (χ4v) is 2.18. The molecule has 1 N–H and O–H groups in total. The number of carbonyl (C=O) groups excluding carboxylic acids is 1. The first-order valence-electron chi connectivity index (χ1n) is 5.33. The third-order valence-corrected chi connectivity index (χ3v) is 3.04. The second-order valence-corrected chi connectivity index (χ2v) is 4.46. The van der Waals surface area contributed by atoms with Crippen molar-refractivity contribution in [1.82, 2.24) is 0 Å². The molecule has 3 nitrogen and oxygen atoms in total. The van der Waals surface area contributed by atoms with E-state index in [2.05, 4.69) is 10.1 Å². The first-order chi connectivity index (χ1) is 8.28. The molecule has 1 aromatic carbocycles. The van der Waals surface area contributed by atoms with E-state index < -0.39 is 23.2 Å². The van der Waals surface area contributed by atoms with Crippen LogP contribution in [-0.4, -0.2) is 18.6 Å². The highest BCUT2D eigenvalue weighted by atomic mass is 19.4. The first kappa shape index (κ1) is 12.7. The Kier molecular flexibility index (Phi) is 2.76. The van der Waals surface area contributed by atoms with Gasteiger partial charge in [0.2, 0.25) is 0 Å². The van der Waals surface area contributed by atoms with Gasteiger partial charge in [0.05, 0.1) is 18.4 Å². The Hall–Kier alpha value is -1.72. The van der Waals surface area contributed by atoms with Crippen molar-refractivity contribution in [2.24, 2.45) is 0 Å². The molecule has 0 bridgehead atoms. The van der Waals surface area contributed by atoms with Crippen LogP contribution >= 0.6 is 0 Å². The highest BCUT2D eigenvalue weighted by Crippen LogP contribution is 2.42. The molecule has 0 aliphatic carbocycles. The van der Waals surface area contributed by atoms with Crippen LogP contribution in [0.25, 0.3) is 0 Å². The summed E-state index contributed by atoms with van der Waals surface area (Å²) in [5.74, 6) is -0.577. The lowest BCUT2D eigenvalue weighted by atomic mass is 9.97. The molecule has 2 rings (SSSR count). The average Bonchev–Trinajstić information content (AvgIpc) is 2.63. The van der Waals surface area contributed by atoms with E-state index in [0.717, 1.165) is 6.07 Å². The molecule has 0 saturated heterocycles. The number of ether oxygens (including phenoxy) is 1. The summed E-state index contributed by atoms with van der Waals surface area (Å²) in [6, 6.07) is 3.91. The maximum absolute atomic E-state index is 12.8. The maximum Gasteiger partial charge on any atom is 0.418 e. The summed E-state index contributed by atoms with van der Waals surface area (Å²) >= 11 is 0. The first-order valence-corrected chi connectivity index (χ1v) is 5.33. The number of carbonyl (C=O) groups is 1. The lowest BCUT2D eigenvalue weighted by molar-refractivity contribution is -0.145. The van der Waals surface area contributed by atoms with Crippen LogP contribution in [0.4, 0.5) is 18.9 Å². The SMILES string of the molecule is COC(=O)C1(C)Cc2cccc(C(F)(F)F)c2N1. The van der Waals surface area contributed by atoms with Gasteiger partial charge < -0.3 is 10.1 Å². The molecule has 0 saturated carbocycles. The Balaban J connectivity index is 2.45. The van der Waals surface area contributed by atoms with Crippen molar-refractivity contribution in [2.75, 3.05) is 12.4 Å². The van der Waals surface area contributed by atoms with Crippen LogP contribution in [-0.2, 0) is 22.1 Å². The van der Waals surface area contributed by atoms with Gasteiger partial charge in [0.15, 0.2) is 0 Å². The Morgan fingerprint density at radius 2 is 2.11 bits per heavy atom. The smallest absolute Gasteiger partial charge is 0.418 e. The summed E-state index contributed by atoms with van der Waals surface area (Å²) < 4.78 is 43.1. The van der Waals surface area contributed by atoms with E-state index in [0.29, 0.717) is 5.56 Å². The number of hydrogen-bond donors (Lipinski definition) is 1. The molecule has 18 heavy (non-hydrogen) atoms. The number of para-hydroxylation sites is 1. The molecule has 1 atom stereocenters. The van der Waals surface area contributed by atoms with Crippen molar-refractivity contribution in [1.29, 1.82) is 0 Å². The summed E-state index contributed by atoms with van der Waals surface area (Å²) in [7, 11) is 1.21. The normalized spacial score (nSPS) is 22.3. The second-order valence-electron chi connectivity index (χ2n) is 4.46. The Labute approximate surface area is 102 Å². The van der Waals surface area contributed by atoms with E-state index in [4.69, 9.17) is 0 Å². The minimum atomic E-state index is -4.44. The molecule has 0 radical (unpaired) electrons. The van der Waals surface area contributed by atoms with Gasteiger partial charge in [-0.25, -0.2) is 4.79 Å². The van der Waals surface area contributed by atoms with Crippen LogP contribution in [0.1, 0.15) is 18.1 Å². The van der Waals surface area contributed by atoms with Gasteiger partial charge in [-0.2, -0.15) is 13.2 Å². The number of alkyl halides is 3. The number of esters is 1. The number of nitrogens with one attached hydrogen (secondary N) is 1. The molecule has 0 spiro atoms. The monoisotopic (exact) mass is 259 g/mol. The molecule has 1 aliphatic rings. The molecule has 1 heterocycles. The van der Waals surface area contributed by atoms with E-state index in [1.54, 1.807) is 6.07 Å². The molecule has 1 aromatic rings. The van der Waals surface area contributed by atoms with Crippen molar-refractivity contribution in [2.45, 2.75) is 25.1 Å². The summed E-state index contributed by atoms with van der Waals surface area (Å²) in [5, 5.41) is 2.64. The third kappa shape index (κ3) is 1.91. The Bertz CT molecular complexity index is 499. The summed E-state index contributed by atoms with van der Waals surface area (Å²) in [6.07, 6.45) is -4.27. The minimum Gasteiger partial charge on any atom is -0.467 e. The highest BCUT2D eigenvalue weighted by molar-refractivity contribution is 5.88. The number of fused-ring (bicyclic) bond motifs is 1. The van der Waals surface area contributed by atoms with Gasteiger partial charge in [0.1, 0.15) is 5.54 Å². The lowest BCUT2D eigenvalue weighted by Gasteiger charge is -2.22. The maximum atomic E-state index is 12.8. The summed E-state index contributed by atoms with van der Waals surface area (Å²) in [4.78, 5) is 11.6. The Morgan fingerprint density at radius 1 is 1.44 bits per heavy atom. The fourth-order valence-electron chi connectivity index (χ4n) is 2.18. The van der Waals surface area contributed by atoms with Crippen LogP contribution in [0.3, 0.4) is 0 Å². The number of anilines is 1. The number of benzene rings is 1. The van der Waals surface area contributed by atoms with E-state index in [9.17, 15) is 18.0 Å². The van der Waals surface area contributed by atoms with Crippen molar-refractivity contribution < 1.29 is 22.7 Å². The summed E-state index contributed by atoms with van der Waals surface area (Å²) in [6.45, 7) is 1.53. The molecule has 0 aromatic heterocycles. The Morgan fingerprint density at radius 3 is 2.67 bits per heavy atom. The molecular weight excluding hydrogens is 247 g/mol. The predicted molar refractivity (Wildman–Crippen MR) is 59.2 cm³/mol. The predicted octanol–water partition coefficient (Wildman–Crippen LogP) is 2.61. The minimum absolute atomic E-state index is 0.0297. The van der Waals surface area contributed by atoms with Gasteiger partial charge in [-0.15, -0.1) is 0 Å². The van der Waals surface area contributed by atoms with Gasteiger partial charge in [0, 0.05) is 6.42 Å². The number of rotatable bonds is 1. The lowest BCUT2D eigenvalue weighted by Crippen LogP contribution is -2.42. The zero-order chi connectivity index (χ0) is 13.6. The quantitative estimate of drug-likeness (QED) is 0.788. The van der Waals surface area contributed by atoms with Gasteiger partial charge >= 0.3 is 12.1 Å². The zero-order valence-electron chi connectivity index (χ0n) is 9.89. The zero-order valence-corrected chi connectivity index (χ0v) is 9.89. The average molecular weight is 259 g/mol. The van der Waals surface area contributed by atoms with Crippen LogP contribution in [0.5, 0.6) is 0 Å². The van der Waals surface area contributed by atoms with Crippen LogP contribution < -0.4 is 5.32 Å². The fraction of sp³-hybridized carbons (Fsp3) is 0.417. The third-order valence-electron chi connectivity index (χ3n) is 3.04. The van der Waals surface area contributed by atoms with Gasteiger partial charge in [-0.1, -0.05) is 12.1 Å². The largest absolute Gasteiger partial charge is 0.467 e. The number of hydrogen-bond acceptors (Lipinski definition) is 3. The van der Waals surface area contributed by atoms with E-state index in [-0.39, 0.29) is 12.1 Å². The van der Waals surface area contributed by atoms with E-state index in [1.807, 2.05) is 0 Å². The van der Waals surface area contributed by atoms with Gasteiger partial charge in [0.25, 0.3) is 0 Å². The molecule has 1 aliphatic heterocycles. The van der Waals surface area contributed by atoms with E-state index >= 15 is 0 Å². The highest BCUT2D eigenvalue weighted by Gasteiger charge is 2.44.